The zero-order chi connectivity index (χ0) is 23.0. The molecule has 32 heavy (non-hydrogen) atoms. The molecular weight excluding hydrogens is 406 g/mol. The average molecular weight is 438 g/mol. The first-order valence-electron chi connectivity index (χ1n) is 11.2. The van der Waals surface area contributed by atoms with E-state index in [2.05, 4.69) is 21.5 Å². The van der Waals surface area contributed by atoms with Crippen molar-refractivity contribution in [3.05, 3.63) is 57.3 Å². The van der Waals surface area contributed by atoms with Crippen molar-refractivity contribution < 1.29 is 14.3 Å². The maximum absolute atomic E-state index is 13.4. The minimum Gasteiger partial charge on any atom is -0.496 e. The van der Waals surface area contributed by atoms with Gasteiger partial charge in [0.1, 0.15) is 11.4 Å². The number of rotatable bonds is 9. The first kappa shape index (κ1) is 22.3. The Hall–Kier alpha value is -2.93. The lowest BCUT2D eigenvalue weighted by molar-refractivity contribution is 0.0460. The second-order valence-electron chi connectivity index (χ2n) is 8.73. The van der Waals surface area contributed by atoms with Gasteiger partial charge in [-0.15, -0.1) is 0 Å². The molecule has 1 N–H and O–H groups in total. The molecule has 1 aliphatic carbocycles. The zero-order valence-corrected chi connectivity index (χ0v) is 19.4. The lowest BCUT2D eigenvalue weighted by Gasteiger charge is -2.26. The van der Waals surface area contributed by atoms with Crippen LogP contribution in [0.3, 0.4) is 0 Å². The summed E-state index contributed by atoms with van der Waals surface area (Å²) in [6, 6.07) is 5.65. The van der Waals surface area contributed by atoms with E-state index in [1.54, 1.807) is 26.3 Å². The number of ether oxygens (including phenoxy) is 2. The number of carbonyl (C=O) groups excluding carboxylic acids is 1. The number of carbonyl (C=O) groups is 1. The fraction of sp³-hybridized carbons (Fsp3) is 0.480. The molecule has 2 unspecified atom stereocenters. The molecule has 170 valence electrons. The molecule has 0 spiro atoms. The number of fused-ring (bicyclic) bond motifs is 1. The third kappa shape index (κ3) is 3.97. The molecule has 0 aliphatic heterocycles. The second kappa shape index (κ2) is 8.90. The van der Waals surface area contributed by atoms with Gasteiger partial charge in [0.05, 0.1) is 24.8 Å². The van der Waals surface area contributed by atoms with Crippen molar-refractivity contribution in [2.24, 2.45) is 5.92 Å². The van der Waals surface area contributed by atoms with E-state index < -0.39 is 0 Å². The van der Waals surface area contributed by atoms with Gasteiger partial charge in [-0.05, 0) is 64.2 Å². The lowest BCUT2D eigenvalue weighted by Crippen LogP contribution is -2.26. The van der Waals surface area contributed by atoms with Gasteiger partial charge in [0.2, 0.25) is 0 Å². The smallest absolute Gasteiger partial charge is 0.255 e. The number of aromatic amines is 1. The van der Waals surface area contributed by atoms with Crippen LogP contribution in [0.25, 0.3) is 11.0 Å². The molecule has 2 atom stereocenters. The van der Waals surface area contributed by atoms with Crippen molar-refractivity contribution in [2.45, 2.75) is 58.6 Å². The SMILES string of the molecule is COc1cc(C)[nH]c(=O)c1CCC(=O)c1c(C)n(C(C)C(OC)C2CC2)c2ncccc12. The van der Waals surface area contributed by atoms with Gasteiger partial charge in [0.25, 0.3) is 5.56 Å². The van der Waals surface area contributed by atoms with E-state index in [-0.39, 0.29) is 29.9 Å². The molecule has 7 nitrogen and oxygen atoms in total. The van der Waals surface area contributed by atoms with E-state index in [1.807, 2.05) is 19.1 Å². The Morgan fingerprint density at radius 3 is 2.72 bits per heavy atom. The van der Waals surface area contributed by atoms with Crippen LogP contribution >= 0.6 is 0 Å². The summed E-state index contributed by atoms with van der Waals surface area (Å²) in [6.07, 6.45) is 4.71. The summed E-state index contributed by atoms with van der Waals surface area (Å²) in [5, 5.41) is 0.845. The molecule has 1 aliphatic rings. The van der Waals surface area contributed by atoms with E-state index in [0.717, 1.165) is 22.4 Å². The molecule has 0 amide bonds. The van der Waals surface area contributed by atoms with Crippen LogP contribution < -0.4 is 10.3 Å². The Morgan fingerprint density at radius 2 is 2.06 bits per heavy atom. The molecule has 1 saturated carbocycles. The molecule has 4 rings (SSSR count). The Labute approximate surface area is 187 Å². The van der Waals surface area contributed by atoms with Crippen molar-refractivity contribution in [1.29, 1.82) is 0 Å². The third-order valence-electron chi connectivity index (χ3n) is 6.58. The fourth-order valence-electron chi connectivity index (χ4n) is 4.93. The summed E-state index contributed by atoms with van der Waals surface area (Å²) in [5.74, 6) is 1.06. The fourth-order valence-corrected chi connectivity index (χ4v) is 4.93. The quantitative estimate of drug-likeness (QED) is 0.508. The molecule has 3 aromatic rings. The molecule has 0 bridgehead atoms. The first-order valence-corrected chi connectivity index (χ1v) is 11.2. The number of aromatic nitrogens is 3. The van der Waals surface area contributed by atoms with Crippen molar-refractivity contribution in [2.75, 3.05) is 14.2 Å². The van der Waals surface area contributed by atoms with Crippen LogP contribution in [-0.4, -0.2) is 40.6 Å². The summed E-state index contributed by atoms with van der Waals surface area (Å²) >= 11 is 0. The Balaban J connectivity index is 1.68. The van der Waals surface area contributed by atoms with Crippen LogP contribution in [0.15, 0.2) is 29.2 Å². The monoisotopic (exact) mass is 437 g/mol. The number of pyridine rings is 2. The molecule has 3 heterocycles. The molecule has 0 saturated heterocycles. The van der Waals surface area contributed by atoms with Crippen molar-refractivity contribution in [1.82, 2.24) is 14.5 Å². The number of aryl methyl sites for hydroxylation is 1. The van der Waals surface area contributed by atoms with Gasteiger partial charge in [0, 0.05) is 42.1 Å². The Bertz CT molecular complexity index is 1210. The molecule has 0 radical (unpaired) electrons. The Kier molecular flexibility index (Phi) is 6.20. The summed E-state index contributed by atoms with van der Waals surface area (Å²) in [7, 11) is 3.29. The maximum atomic E-state index is 13.4. The predicted molar refractivity (Wildman–Crippen MR) is 124 cm³/mol. The number of hydrogen-bond acceptors (Lipinski definition) is 5. The number of nitrogens with one attached hydrogen (secondary N) is 1. The van der Waals surface area contributed by atoms with Gasteiger partial charge in [-0.1, -0.05) is 0 Å². The number of nitrogens with zero attached hydrogens (tertiary/aromatic N) is 2. The summed E-state index contributed by atoms with van der Waals surface area (Å²) in [6.45, 7) is 5.92. The highest BCUT2D eigenvalue weighted by molar-refractivity contribution is 6.08. The second-order valence-corrected chi connectivity index (χ2v) is 8.73. The van der Waals surface area contributed by atoms with Gasteiger partial charge < -0.3 is 19.0 Å². The minimum absolute atomic E-state index is 0.00568. The van der Waals surface area contributed by atoms with E-state index >= 15 is 0 Å². The van der Waals surface area contributed by atoms with Crippen LogP contribution in [0.4, 0.5) is 0 Å². The Morgan fingerprint density at radius 1 is 1.31 bits per heavy atom. The molecule has 3 aromatic heterocycles. The summed E-state index contributed by atoms with van der Waals surface area (Å²) in [5.41, 5.74) is 3.37. The zero-order valence-electron chi connectivity index (χ0n) is 19.4. The summed E-state index contributed by atoms with van der Waals surface area (Å²) < 4.78 is 13.4. The number of methoxy groups -OCH3 is 2. The first-order chi connectivity index (χ1) is 15.4. The van der Waals surface area contributed by atoms with E-state index in [9.17, 15) is 9.59 Å². The maximum Gasteiger partial charge on any atom is 0.255 e. The van der Waals surface area contributed by atoms with E-state index in [4.69, 9.17) is 9.47 Å². The van der Waals surface area contributed by atoms with Crippen LogP contribution in [0.2, 0.25) is 0 Å². The topological polar surface area (TPSA) is 86.2 Å². The van der Waals surface area contributed by atoms with Gasteiger partial charge in [0.15, 0.2) is 5.78 Å². The van der Waals surface area contributed by atoms with E-state index in [1.165, 1.54) is 20.0 Å². The minimum atomic E-state index is -0.212. The molecule has 0 aromatic carbocycles. The number of hydrogen-bond donors (Lipinski definition) is 1. The molecule has 1 fully saturated rings. The van der Waals surface area contributed by atoms with Gasteiger partial charge >= 0.3 is 0 Å². The van der Waals surface area contributed by atoms with Gasteiger partial charge in [-0.3, -0.25) is 9.59 Å². The highest BCUT2D eigenvalue weighted by atomic mass is 16.5. The van der Waals surface area contributed by atoms with Crippen LogP contribution in [0.1, 0.15) is 59.5 Å². The van der Waals surface area contributed by atoms with Gasteiger partial charge in [-0.2, -0.15) is 0 Å². The standard InChI is InChI=1S/C25H31N3O4/c1-14-13-21(31-4)18(25(30)27-14)10-11-20(29)22-15(2)28(24-19(22)7-6-12-26-24)16(3)23(32-5)17-8-9-17/h6-7,12-13,16-17,23H,8-11H2,1-5H3,(H,27,30). The molecule has 7 heteroatoms. The summed E-state index contributed by atoms with van der Waals surface area (Å²) in [4.78, 5) is 33.3. The van der Waals surface area contributed by atoms with Crippen molar-refractivity contribution in [3.63, 3.8) is 0 Å². The van der Waals surface area contributed by atoms with Gasteiger partial charge in [-0.25, -0.2) is 4.98 Å². The highest BCUT2D eigenvalue weighted by Gasteiger charge is 2.37. The highest BCUT2D eigenvalue weighted by Crippen LogP contribution is 2.41. The van der Waals surface area contributed by atoms with Crippen molar-refractivity contribution in [3.8, 4) is 5.75 Å². The van der Waals surface area contributed by atoms with Crippen LogP contribution in [-0.2, 0) is 11.2 Å². The third-order valence-corrected chi connectivity index (χ3v) is 6.58. The van der Waals surface area contributed by atoms with E-state index in [0.29, 0.717) is 29.2 Å². The van der Waals surface area contributed by atoms with Crippen LogP contribution in [0.5, 0.6) is 5.75 Å². The number of H-pyrrole nitrogens is 1. The van der Waals surface area contributed by atoms with Crippen LogP contribution in [0, 0.1) is 19.8 Å². The molecular formula is C25H31N3O4. The number of Topliss-reactive ketones (excluding diaryl/α,β-unsaturated/α-hetero) is 1. The normalized spacial score (nSPS) is 15.7. The largest absolute Gasteiger partial charge is 0.496 e. The van der Waals surface area contributed by atoms with Crippen molar-refractivity contribution >= 4 is 16.8 Å². The average Bonchev–Trinajstić information content (AvgIpc) is 3.55. The predicted octanol–water partition coefficient (Wildman–Crippen LogP) is 4.15. The number of ketones is 1. The lowest BCUT2D eigenvalue weighted by atomic mass is 10.0.